The Labute approximate surface area is 105 Å². The van der Waals surface area contributed by atoms with E-state index in [-0.39, 0.29) is 11.5 Å². The summed E-state index contributed by atoms with van der Waals surface area (Å²) in [5, 5.41) is 0. The second kappa shape index (κ2) is 7.20. The van der Waals surface area contributed by atoms with E-state index in [1.165, 1.54) is 0 Å². The molecule has 0 radical (unpaired) electrons. The number of likely N-dealkylation sites (N-methyl/N-ethyl adjacent to an activating group) is 1. The molecule has 96 valence electrons. The lowest BCUT2D eigenvalue weighted by molar-refractivity contribution is -0.0131. The molecule has 0 spiro atoms. The van der Waals surface area contributed by atoms with Crippen LogP contribution in [0.15, 0.2) is 0 Å². The molecule has 1 unspecified atom stereocenters. The maximum Gasteiger partial charge on any atom is 0.0768 e. The van der Waals surface area contributed by atoms with Crippen molar-refractivity contribution in [1.82, 2.24) is 4.90 Å². The first-order valence-electron chi connectivity index (χ1n) is 5.92. The van der Waals surface area contributed by atoms with Crippen molar-refractivity contribution in [3.8, 4) is 0 Å². The molecule has 0 heterocycles. The van der Waals surface area contributed by atoms with Crippen LogP contribution < -0.4 is 5.73 Å². The zero-order valence-corrected chi connectivity index (χ0v) is 12.1. The van der Waals surface area contributed by atoms with Gasteiger partial charge in [-0.15, -0.1) is 0 Å². The van der Waals surface area contributed by atoms with Crippen molar-refractivity contribution in [3.63, 3.8) is 0 Å². The van der Waals surface area contributed by atoms with Crippen LogP contribution in [0.5, 0.6) is 0 Å². The molecule has 0 fully saturated rings. The van der Waals surface area contributed by atoms with Crippen molar-refractivity contribution in [1.29, 1.82) is 0 Å². The highest BCUT2D eigenvalue weighted by atomic mass is 32.1. The Hall–Kier alpha value is -0.190. The maximum atomic E-state index is 5.70. The molecule has 0 saturated carbocycles. The molecule has 2 N–H and O–H groups in total. The Morgan fingerprint density at radius 1 is 1.44 bits per heavy atom. The minimum absolute atomic E-state index is 0.0613. The summed E-state index contributed by atoms with van der Waals surface area (Å²) in [5.41, 5.74) is 5.55. The molecular weight excluding hydrogens is 220 g/mol. The number of hydrogen-bond acceptors (Lipinski definition) is 3. The molecule has 0 aliphatic heterocycles. The molecule has 3 nitrogen and oxygen atoms in total. The Morgan fingerprint density at radius 2 is 2.00 bits per heavy atom. The third-order valence-electron chi connectivity index (χ3n) is 2.41. The van der Waals surface area contributed by atoms with Crippen molar-refractivity contribution >= 4 is 17.2 Å². The van der Waals surface area contributed by atoms with Gasteiger partial charge >= 0.3 is 0 Å². The number of thiocarbonyl (C=S) groups is 1. The highest BCUT2D eigenvalue weighted by molar-refractivity contribution is 7.80. The van der Waals surface area contributed by atoms with E-state index in [2.05, 4.69) is 39.5 Å². The Kier molecular flexibility index (Phi) is 7.11. The van der Waals surface area contributed by atoms with Gasteiger partial charge in [0.05, 0.1) is 17.2 Å². The summed E-state index contributed by atoms with van der Waals surface area (Å²) in [6, 6.07) is 0. The average Bonchev–Trinajstić information content (AvgIpc) is 2.13. The largest absolute Gasteiger partial charge is 0.393 e. The molecule has 4 heteroatoms. The van der Waals surface area contributed by atoms with E-state index >= 15 is 0 Å². The molecule has 1 atom stereocenters. The predicted molar refractivity (Wildman–Crippen MR) is 73.8 cm³/mol. The minimum Gasteiger partial charge on any atom is -0.393 e. The fourth-order valence-electron chi connectivity index (χ4n) is 1.34. The monoisotopic (exact) mass is 246 g/mol. The SMILES string of the molecule is CCN(CCOC(C)(C)C)CC(C)C(N)=S. The molecule has 0 saturated heterocycles. The number of hydrogen-bond donors (Lipinski definition) is 1. The number of nitrogens with zero attached hydrogens (tertiary/aromatic N) is 1. The van der Waals surface area contributed by atoms with Crippen molar-refractivity contribution in [3.05, 3.63) is 0 Å². The van der Waals surface area contributed by atoms with Gasteiger partial charge < -0.3 is 15.4 Å². The smallest absolute Gasteiger partial charge is 0.0768 e. The molecule has 0 aliphatic rings. The van der Waals surface area contributed by atoms with Crippen LogP contribution >= 0.6 is 12.2 Å². The lowest BCUT2D eigenvalue weighted by atomic mass is 10.1. The first-order valence-corrected chi connectivity index (χ1v) is 6.32. The molecule has 0 aromatic carbocycles. The lowest BCUT2D eigenvalue weighted by Crippen LogP contribution is -2.37. The zero-order valence-electron chi connectivity index (χ0n) is 11.2. The fraction of sp³-hybridized carbons (Fsp3) is 0.917. The van der Waals surface area contributed by atoms with Crippen LogP contribution in [-0.2, 0) is 4.74 Å². The highest BCUT2D eigenvalue weighted by Gasteiger charge is 2.13. The second-order valence-electron chi connectivity index (χ2n) is 5.16. The number of rotatable bonds is 7. The van der Waals surface area contributed by atoms with Crippen molar-refractivity contribution in [2.24, 2.45) is 11.7 Å². The first kappa shape index (κ1) is 15.8. The van der Waals surface area contributed by atoms with Crippen LogP contribution in [0.25, 0.3) is 0 Å². The van der Waals surface area contributed by atoms with Crippen LogP contribution in [0.4, 0.5) is 0 Å². The van der Waals surface area contributed by atoms with E-state index in [1.54, 1.807) is 0 Å². The van der Waals surface area contributed by atoms with Gasteiger partial charge in [-0.2, -0.15) is 0 Å². The van der Waals surface area contributed by atoms with Gasteiger partial charge in [0.1, 0.15) is 0 Å². The summed E-state index contributed by atoms with van der Waals surface area (Å²) in [6.45, 7) is 14.0. The third-order valence-corrected chi connectivity index (χ3v) is 2.81. The molecular formula is C12H26N2OS. The van der Waals surface area contributed by atoms with Crippen LogP contribution in [0.1, 0.15) is 34.6 Å². The van der Waals surface area contributed by atoms with E-state index in [0.29, 0.717) is 4.99 Å². The molecule has 0 aliphatic carbocycles. The van der Waals surface area contributed by atoms with Gasteiger partial charge in [0.2, 0.25) is 0 Å². The highest BCUT2D eigenvalue weighted by Crippen LogP contribution is 2.07. The topological polar surface area (TPSA) is 38.5 Å². The fourth-order valence-corrected chi connectivity index (χ4v) is 1.41. The van der Waals surface area contributed by atoms with E-state index in [1.807, 2.05) is 0 Å². The van der Waals surface area contributed by atoms with Gasteiger partial charge in [0.25, 0.3) is 0 Å². The molecule has 0 aromatic heterocycles. The van der Waals surface area contributed by atoms with Crippen LogP contribution in [0.2, 0.25) is 0 Å². The van der Waals surface area contributed by atoms with Crippen LogP contribution in [-0.4, -0.2) is 41.7 Å². The van der Waals surface area contributed by atoms with Crippen molar-refractivity contribution in [2.45, 2.75) is 40.2 Å². The lowest BCUT2D eigenvalue weighted by Gasteiger charge is -2.26. The third kappa shape index (κ3) is 8.02. The summed E-state index contributed by atoms with van der Waals surface area (Å²) in [7, 11) is 0. The molecule has 0 rings (SSSR count). The molecule has 0 aromatic rings. The van der Waals surface area contributed by atoms with E-state index in [4.69, 9.17) is 22.7 Å². The van der Waals surface area contributed by atoms with E-state index in [0.717, 1.165) is 26.2 Å². The van der Waals surface area contributed by atoms with Gasteiger partial charge in [-0.3, -0.25) is 0 Å². The summed E-state index contributed by atoms with van der Waals surface area (Å²) >= 11 is 4.98. The normalized spacial score (nSPS) is 14.1. The Bertz CT molecular complexity index is 214. The van der Waals surface area contributed by atoms with Gasteiger partial charge in [0, 0.05) is 19.0 Å². The predicted octanol–water partition coefficient (Wildman–Crippen LogP) is 2.05. The van der Waals surface area contributed by atoms with Gasteiger partial charge in [0.15, 0.2) is 0 Å². The Balaban J connectivity index is 3.88. The van der Waals surface area contributed by atoms with Gasteiger partial charge in [-0.1, -0.05) is 26.1 Å². The Morgan fingerprint density at radius 3 is 2.38 bits per heavy atom. The summed E-state index contributed by atoms with van der Waals surface area (Å²) in [6.07, 6.45) is 0. The van der Waals surface area contributed by atoms with Crippen LogP contribution in [0.3, 0.4) is 0 Å². The second-order valence-corrected chi connectivity index (χ2v) is 5.63. The minimum atomic E-state index is -0.0613. The summed E-state index contributed by atoms with van der Waals surface area (Å²) in [4.78, 5) is 2.91. The molecule has 16 heavy (non-hydrogen) atoms. The summed E-state index contributed by atoms with van der Waals surface area (Å²) in [5.74, 6) is 0.268. The zero-order chi connectivity index (χ0) is 12.8. The van der Waals surface area contributed by atoms with Gasteiger partial charge in [-0.25, -0.2) is 0 Å². The molecule has 0 amide bonds. The van der Waals surface area contributed by atoms with E-state index in [9.17, 15) is 0 Å². The number of nitrogens with two attached hydrogens (primary N) is 1. The van der Waals surface area contributed by atoms with Crippen molar-refractivity contribution < 1.29 is 4.74 Å². The quantitative estimate of drug-likeness (QED) is 0.698. The maximum absolute atomic E-state index is 5.70. The van der Waals surface area contributed by atoms with Crippen LogP contribution in [0, 0.1) is 5.92 Å². The van der Waals surface area contributed by atoms with Crippen molar-refractivity contribution in [2.75, 3.05) is 26.2 Å². The summed E-state index contributed by atoms with van der Waals surface area (Å²) < 4.78 is 5.70. The van der Waals surface area contributed by atoms with E-state index < -0.39 is 0 Å². The average molecular weight is 246 g/mol. The standard InChI is InChI=1S/C12H26N2OS/c1-6-14(9-10(2)11(13)16)7-8-15-12(3,4)5/h10H,6-9H2,1-5H3,(H2,13,16). The number of ether oxygens (including phenoxy) is 1. The van der Waals surface area contributed by atoms with Gasteiger partial charge in [-0.05, 0) is 27.3 Å². The molecule has 0 bridgehead atoms. The first-order chi connectivity index (χ1) is 7.26.